The van der Waals surface area contributed by atoms with Crippen molar-refractivity contribution in [2.45, 2.75) is 19.5 Å². The van der Waals surface area contributed by atoms with E-state index in [4.69, 9.17) is 0 Å². The lowest BCUT2D eigenvalue weighted by Gasteiger charge is -2.15. The Balaban J connectivity index is 1.93. The van der Waals surface area contributed by atoms with Crippen molar-refractivity contribution in [3.8, 4) is 0 Å². The number of amides is 1. The summed E-state index contributed by atoms with van der Waals surface area (Å²) in [5.74, 6) is 0.311. The summed E-state index contributed by atoms with van der Waals surface area (Å²) in [5.41, 5.74) is 2.48. The second-order valence-electron chi connectivity index (χ2n) is 5.41. The Morgan fingerprint density at radius 2 is 2.11 bits per heavy atom. The van der Waals surface area contributed by atoms with Gasteiger partial charge in [-0.05, 0) is 38.2 Å². The number of hydrogen-bond acceptors (Lipinski definition) is 3. The Kier molecular flexibility index (Phi) is 4.93. The molecule has 1 aliphatic heterocycles. The summed E-state index contributed by atoms with van der Waals surface area (Å²) in [6, 6.07) is 8.29. The van der Waals surface area contributed by atoms with Gasteiger partial charge in [0, 0.05) is 19.6 Å². The fourth-order valence-corrected chi connectivity index (χ4v) is 2.43. The third-order valence-electron chi connectivity index (χ3n) is 3.49. The molecule has 1 atom stereocenters. The number of benzene rings is 1. The van der Waals surface area contributed by atoms with Gasteiger partial charge in [-0.1, -0.05) is 24.3 Å². The summed E-state index contributed by atoms with van der Waals surface area (Å²) < 4.78 is 0. The molecular formula is C15H23N3O. The first-order valence-corrected chi connectivity index (χ1v) is 6.87. The fraction of sp³-hybridized carbons (Fsp3) is 0.533. The Bertz CT molecular complexity index is 425. The van der Waals surface area contributed by atoms with Crippen LogP contribution in [0.1, 0.15) is 17.5 Å². The van der Waals surface area contributed by atoms with Gasteiger partial charge in [0.2, 0.25) is 5.91 Å². The van der Waals surface area contributed by atoms with Gasteiger partial charge >= 0.3 is 0 Å². The van der Waals surface area contributed by atoms with E-state index < -0.39 is 0 Å². The molecule has 4 heteroatoms. The molecule has 1 saturated heterocycles. The van der Waals surface area contributed by atoms with Crippen LogP contribution in [0.3, 0.4) is 0 Å². The van der Waals surface area contributed by atoms with Crippen molar-refractivity contribution in [1.29, 1.82) is 0 Å². The minimum absolute atomic E-state index is 0.140. The summed E-state index contributed by atoms with van der Waals surface area (Å²) in [6.45, 7) is 3.29. The fourth-order valence-electron chi connectivity index (χ4n) is 2.43. The quantitative estimate of drug-likeness (QED) is 0.830. The summed E-state index contributed by atoms with van der Waals surface area (Å²) >= 11 is 0. The highest BCUT2D eigenvalue weighted by Crippen LogP contribution is 2.12. The Labute approximate surface area is 115 Å². The normalized spacial score (nSPS) is 18.8. The number of nitrogens with one attached hydrogen (secondary N) is 2. The molecule has 0 bridgehead atoms. The molecule has 1 aromatic rings. The average molecular weight is 261 g/mol. The minimum Gasteiger partial charge on any atom is -0.352 e. The van der Waals surface area contributed by atoms with Crippen LogP contribution in [0.25, 0.3) is 0 Å². The van der Waals surface area contributed by atoms with Gasteiger partial charge < -0.3 is 15.5 Å². The maximum absolute atomic E-state index is 12.0. The molecule has 1 fully saturated rings. The van der Waals surface area contributed by atoms with Crippen molar-refractivity contribution in [3.05, 3.63) is 35.4 Å². The molecule has 0 saturated carbocycles. The van der Waals surface area contributed by atoms with E-state index in [1.807, 2.05) is 12.1 Å². The van der Waals surface area contributed by atoms with Crippen molar-refractivity contribution in [2.24, 2.45) is 5.92 Å². The van der Waals surface area contributed by atoms with Crippen molar-refractivity contribution < 1.29 is 4.79 Å². The molecule has 4 nitrogen and oxygen atoms in total. The Morgan fingerprint density at radius 1 is 1.37 bits per heavy atom. The second-order valence-corrected chi connectivity index (χ2v) is 5.41. The van der Waals surface area contributed by atoms with Crippen molar-refractivity contribution >= 4 is 5.91 Å². The lowest BCUT2D eigenvalue weighted by molar-refractivity contribution is -0.124. The maximum Gasteiger partial charge on any atom is 0.224 e. The highest BCUT2D eigenvalue weighted by atomic mass is 16.1. The minimum atomic E-state index is 0.140. The summed E-state index contributed by atoms with van der Waals surface area (Å²) in [7, 11) is 4.11. The summed E-state index contributed by atoms with van der Waals surface area (Å²) in [4.78, 5) is 14.1. The zero-order valence-electron chi connectivity index (χ0n) is 11.8. The first kappa shape index (κ1) is 14.0. The van der Waals surface area contributed by atoms with Crippen LogP contribution < -0.4 is 10.6 Å². The summed E-state index contributed by atoms with van der Waals surface area (Å²) in [5, 5.41) is 6.28. The molecule has 0 spiro atoms. The molecule has 0 aromatic heterocycles. The van der Waals surface area contributed by atoms with Gasteiger partial charge in [0.05, 0.1) is 5.92 Å². The van der Waals surface area contributed by atoms with E-state index >= 15 is 0 Å². The van der Waals surface area contributed by atoms with E-state index in [0.717, 1.165) is 26.1 Å². The second kappa shape index (κ2) is 6.68. The van der Waals surface area contributed by atoms with E-state index in [1.54, 1.807) is 0 Å². The highest BCUT2D eigenvalue weighted by molar-refractivity contribution is 5.79. The van der Waals surface area contributed by atoms with Gasteiger partial charge in [0.25, 0.3) is 0 Å². The van der Waals surface area contributed by atoms with Gasteiger partial charge in [0.15, 0.2) is 0 Å². The standard InChI is InChI=1S/C15H23N3O/c1-18(2)11-14-6-4-3-5-12(14)10-17-15(19)13-7-8-16-9-13/h3-6,13,16H,7-11H2,1-2H3,(H,17,19). The average Bonchev–Trinajstić information content (AvgIpc) is 2.90. The lowest BCUT2D eigenvalue weighted by Crippen LogP contribution is -2.31. The molecule has 1 aromatic carbocycles. The zero-order chi connectivity index (χ0) is 13.7. The maximum atomic E-state index is 12.0. The monoisotopic (exact) mass is 261 g/mol. The van der Waals surface area contributed by atoms with Gasteiger partial charge in [-0.3, -0.25) is 4.79 Å². The molecule has 1 amide bonds. The smallest absolute Gasteiger partial charge is 0.224 e. The van der Waals surface area contributed by atoms with E-state index in [2.05, 4.69) is 41.8 Å². The number of hydrogen-bond donors (Lipinski definition) is 2. The van der Waals surface area contributed by atoms with E-state index in [9.17, 15) is 4.79 Å². The number of nitrogens with zero attached hydrogens (tertiary/aromatic N) is 1. The van der Waals surface area contributed by atoms with E-state index in [1.165, 1.54) is 11.1 Å². The lowest BCUT2D eigenvalue weighted by atomic mass is 10.1. The SMILES string of the molecule is CN(C)Cc1ccccc1CNC(=O)C1CCNC1. The third kappa shape index (κ3) is 4.04. The van der Waals surface area contributed by atoms with Crippen molar-refractivity contribution in [1.82, 2.24) is 15.5 Å². The summed E-state index contributed by atoms with van der Waals surface area (Å²) in [6.07, 6.45) is 0.950. The zero-order valence-corrected chi connectivity index (χ0v) is 11.8. The Morgan fingerprint density at radius 3 is 2.74 bits per heavy atom. The molecule has 19 heavy (non-hydrogen) atoms. The number of carbonyl (C=O) groups excluding carboxylic acids is 1. The van der Waals surface area contributed by atoms with Crippen LogP contribution in [-0.4, -0.2) is 38.0 Å². The number of rotatable bonds is 5. The highest BCUT2D eigenvalue weighted by Gasteiger charge is 2.21. The van der Waals surface area contributed by atoms with E-state index in [-0.39, 0.29) is 11.8 Å². The van der Waals surface area contributed by atoms with Crippen molar-refractivity contribution in [3.63, 3.8) is 0 Å². The van der Waals surface area contributed by atoms with Crippen molar-refractivity contribution in [2.75, 3.05) is 27.2 Å². The van der Waals surface area contributed by atoms with Gasteiger partial charge in [-0.15, -0.1) is 0 Å². The van der Waals surface area contributed by atoms with Gasteiger partial charge in [-0.2, -0.15) is 0 Å². The first-order chi connectivity index (χ1) is 9.16. The largest absolute Gasteiger partial charge is 0.352 e. The van der Waals surface area contributed by atoms with Crippen LogP contribution in [0.5, 0.6) is 0 Å². The Hall–Kier alpha value is -1.39. The van der Waals surface area contributed by atoms with Crippen LogP contribution in [0.15, 0.2) is 24.3 Å². The van der Waals surface area contributed by atoms with Crippen LogP contribution in [0.4, 0.5) is 0 Å². The molecule has 0 radical (unpaired) electrons. The predicted octanol–water partition coefficient (Wildman–Crippen LogP) is 0.974. The molecule has 0 aliphatic carbocycles. The molecular weight excluding hydrogens is 238 g/mol. The van der Waals surface area contributed by atoms with Crippen LogP contribution in [0.2, 0.25) is 0 Å². The molecule has 2 rings (SSSR count). The first-order valence-electron chi connectivity index (χ1n) is 6.87. The molecule has 104 valence electrons. The molecule has 1 unspecified atom stereocenters. The third-order valence-corrected chi connectivity index (χ3v) is 3.49. The molecule has 2 N–H and O–H groups in total. The van der Waals surface area contributed by atoms with Gasteiger partial charge in [-0.25, -0.2) is 0 Å². The van der Waals surface area contributed by atoms with E-state index in [0.29, 0.717) is 6.54 Å². The van der Waals surface area contributed by atoms with Crippen LogP contribution in [-0.2, 0) is 17.9 Å². The van der Waals surface area contributed by atoms with Crippen LogP contribution in [0, 0.1) is 5.92 Å². The van der Waals surface area contributed by atoms with Crippen LogP contribution >= 0.6 is 0 Å². The molecule has 1 heterocycles. The predicted molar refractivity (Wildman–Crippen MR) is 76.7 cm³/mol. The number of carbonyl (C=O) groups is 1. The topological polar surface area (TPSA) is 44.4 Å². The van der Waals surface area contributed by atoms with Gasteiger partial charge in [0.1, 0.15) is 0 Å². The molecule has 1 aliphatic rings.